The second-order valence-electron chi connectivity index (χ2n) is 4.13. The third-order valence-corrected chi connectivity index (χ3v) is 2.60. The van der Waals surface area contributed by atoms with Crippen LogP contribution in [0.5, 0.6) is 0 Å². The molecule has 114 valence electrons. The van der Waals surface area contributed by atoms with Crippen molar-refractivity contribution in [3.63, 3.8) is 0 Å². The largest absolute Gasteiger partial charge is 0.388 e. The Hall–Kier alpha value is -2.07. The predicted molar refractivity (Wildman–Crippen MR) is 66.3 cm³/mol. The number of Topliss-reactive ketones (excluding diaryl/α,β-unsaturated/α-hetero) is 3. The molecule has 1 heterocycles. The maximum absolute atomic E-state index is 11.6. The third kappa shape index (κ3) is 4.46. The summed E-state index contributed by atoms with van der Waals surface area (Å²) in [6.45, 7) is -1.78. The number of hydrogen-bond donors (Lipinski definition) is 4. The summed E-state index contributed by atoms with van der Waals surface area (Å²) in [6.07, 6.45) is -1.58. The van der Waals surface area contributed by atoms with E-state index in [1.165, 1.54) is 0 Å². The third-order valence-electron chi connectivity index (χ3n) is 2.60. The number of hydrogen-bond acceptors (Lipinski definition) is 9. The minimum absolute atomic E-state index is 0.184. The SMILES string of the molecule is O=C(CO)C(O)Cc1cnc(C(=O)C(O)C(=O)CO)cn1. The highest BCUT2D eigenvalue weighted by molar-refractivity contribution is 6.12. The molecule has 0 aliphatic carbocycles. The van der Waals surface area contributed by atoms with Gasteiger partial charge in [0, 0.05) is 12.6 Å². The van der Waals surface area contributed by atoms with Crippen molar-refractivity contribution < 1.29 is 34.8 Å². The molecule has 0 saturated heterocycles. The van der Waals surface area contributed by atoms with E-state index in [2.05, 4.69) is 9.97 Å². The second-order valence-corrected chi connectivity index (χ2v) is 4.13. The number of carbonyl (C=O) groups excluding carboxylic acids is 3. The first-order valence-electron chi connectivity index (χ1n) is 5.89. The van der Waals surface area contributed by atoms with Crippen molar-refractivity contribution in [1.29, 1.82) is 0 Å². The van der Waals surface area contributed by atoms with Crippen LogP contribution in [-0.4, -0.2) is 73.2 Å². The topological polar surface area (TPSA) is 158 Å². The zero-order valence-electron chi connectivity index (χ0n) is 10.8. The van der Waals surface area contributed by atoms with Crippen molar-refractivity contribution in [3.8, 4) is 0 Å². The molecule has 0 aliphatic heterocycles. The lowest BCUT2D eigenvalue weighted by molar-refractivity contribution is -0.130. The van der Waals surface area contributed by atoms with Gasteiger partial charge in [0.2, 0.25) is 5.78 Å². The van der Waals surface area contributed by atoms with Crippen molar-refractivity contribution in [2.75, 3.05) is 13.2 Å². The molecular formula is C12H14N2O7. The van der Waals surface area contributed by atoms with Gasteiger partial charge < -0.3 is 20.4 Å². The standard InChI is InChI=1S/C12H14N2O7/c15-4-9(18)8(17)1-6-2-14-7(3-13-6)11(20)12(21)10(19)5-16/h2-3,8,12,15-17,21H,1,4-5H2. The lowest BCUT2D eigenvalue weighted by Crippen LogP contribution is -2.32. The molecule has 2 unspecified atom stereocenters. The van der Waals surface area contributed by atoms with Crippen molar-refractivity contribution >= 4 is 17.3 Å². The fourth-order valence-electron chi connectivity index (χ4n) is 1.38. The Morgan fingerprint density at radius 1 is 1.00 bits per heavy atom. The lowest BCUT2D eigenvalue weighted by atomic mass is 10.1. The Morgan fingerprint density at radius 3 is 2.10 bits per heavy atom. The van der Waals surface area contributed by atoms with E-state index in [0.29, 0.717) is 0 Å². The highest BCUT2D eigenvalue weighted by Crippen LogP contribution is 2.04. The molecule has 0 aromatic carbocycles. The molecule has 0 fully saturated rings. The molecule has 9 nitrogen and oxygen atoms in total. The molecule has 1 aromatic heterocycles. The fourth-order valence-corrected chi connectivity index (χ4v) is 1.38. The van der Waals surface area contributed by atoms with Crippen molar-refractivity contribution in [3.05, 3.63) is 23.8 Å². The van der Waals surface area contributed by atoms with Crippen LogP contribution in [0.3, 0.4) is 0 Å². The van der Waals surface area contributed by atoms with Gasteiger partial charge in [-0.3, -0.25) is 19.4 Å². The molecule has 4 N–H and O–H groups in total. The summed E-state index contributed by atoms with van der Waals surface area (Å²) in [5, 5.41) is 35.8. The summed E-state index contributed by atoms with van der Waals surface area (Å²) in [5.74, 6) is -2.85. The van der Waals surface area contributed by atoms with Crippen LogP contribution in [0.1, 0.15) is 16.2 Å². The van der Waals surface area contributed by atoms with Gasteiger partial charge >= 0.3 is 0 Å². The zero-order valence-corrected chi connectivity index (χ0v) is 10.8. The van der Waals surface area contributed by atoms with Crippen molar-refractivity contribution in [2.45, 2.75) is 18.6 Å². The fraction of sp³-hybridized carbons (Fsp3) is 0.417. The van der Waals surface area contributed by atoms with Crippen LogP contribution < -0.4 is 0 Å². The average molecular weight is 298 g/mol. The molecule has 9 heteroatoms. The van der Waals surface area contributed by atoms with E-state index < -0.39 is 42.8 Å². The maximum Gasteiger partial charge on any atom is 0.218 e. The summed E-state index contributed by atoms with van der Waals surface area (Å²) >= 11 is 0. The monoisotopic (exact) mass is 298 g/mol. The molecule has 1 rings (SSSR count). The molecule has 0 amide bonds. The first-order chi connectivity index (χ1) is 9.90. The second kappa shape index (κ2) is 7.64. The van der Waals surface area contributed by atoms with Crippen molar-refractivity contribution in [2.24, 2.45) is 0 Å². The smallest absolute Gasteiger partial charge is 0.218 e. The molecule has 0 bridgehead atoms. The van der Waals surface area contributed by atoms with E-state index in [1.54, 1.807) is 0 Å². The van der Waals surface area contributed by atoms with E-state index in [9.17, 15) is 24.6 Å². The Balaban J connectivity index is 2.76. The first-order valence-corrected chi connectivity index (χ1v) is 5.89. The molecule has 0 aliphatic rings. The van der Waals surface area contributed by atoms with E-state index in [-0.39, 0.29) is 17.8 Å². The van der Waals surface area contributed by atoms with Gasteiger partial charge in [0.05, 0.1) is 11.9 Å². The summed E-state index contributed by atoms with van der Waals surface area (Å²) in [6, 6.07) is 0. The summed E-state index contributed by atoms with van der Waals surface area (Å²) in [4.78, 5) is 41.0. The molecule has 0 saturated carbocycles. The lowest BCUT2D eigenvalue weighted by Gasteiger charge is -2.08. The van der Waals surface area contributed by atoms with Crippen LogP contribution in [0.4, 0.5) is 0 Å². The van der Waals surface area contributed by atoms with Gasteiger partial charge in [0.25, 0.3) is 0 Å². The number of aromatic nitrogens is 2. The number of carbonyl (C=O) groups is 3. The van der Waals surface area contributed by atoms with Gasteiger partial charge in [0.15, 0.2) is 17.7 Å². The van der Waals surface area contributed by atoms with Crippen molar-refractivity contribution in [1.82, 2.24) is 9.97 Å². The van der Waals surface area contributed by atoms with Gasteiger partial charge in [-0.15, -0.1) is 0 Å². The predicted octanol–water partition coefficient (Wildman–Crippen LogP) is -2.95. The molecule has 0 radical (unpaired) electrons. The minimum Gasteiger partial charge on any atom is -0.388 e. The van der Waals surface area contributed by atoms with E-state index in [4.69, 9.17) is 10.2 Å². The maximum atomic E-state index is 11.6. The van der Waals surface area contributed by atoms with Crippen LogP contribution in [-0.2, 0) is 16.0 Å². The number of rotatable bonds is 8. The van der Waals surface area contributed by atoms with Crippen LogP contribution in [0.25, 0.3) is 0 Å². The van der Waals surface area contributed by atoms with E-state index >= 15 is 0 Å². The van der Waals surface area contributed by atoms with Gasteiger partial charge in [-0.05, 0) is 0 Å². The summed E-state index contributed by atoms with van der Waals surface area (Å²) in [5.41, 5.74) is -0.111. The minimum atomic E-state index is -2.02. The van der Waals surface area contributed by atoms with E-state index in [0.717, 1.165) is 12.4 Å². The quantitative estimate of drug-likeness (QED) is 0.291. The van der Waals surface area contributed by atoms with Crippen LogP contribution in [0, 0.1) is 0 Å². The molecule has 21 heavy (non-hydrogen) atoms. The summed E-state index contributed by atoms with van der Waals surface area (Å²) < 4.78 is 0. The highest BCUT2D eigenvalue weighted by atomic mass is 16.3. The summed E-state index contributed by atoms with van der Waals surface area (Å²) in [7, 11) is 0. The highest BCUT2D eigenvalue weighted by Gasteiger charge is 2.25. The number of ketones is 3. The van der Waals surface area contributed by atoms with Crippen LogP contribution >= 0.6 is 0 Å². The normalized spacial score (nSPS) is 13.5. The zero-order chi connectivity index (χ0) is 16.0. The average Bonchev–Trinajstić information content (AvgIpc) is 2.52. The molecule has 0 spiro atoms. The Kier molecular flexibility index (Phi) is 6.18. The Morgan fingerprint density at radius 2 is 1.62 bits per heavy atom. The molecular weight excluding hydrogens is 284 g/mol. The molecule has 2 atom stereocenters. The Labute approximate surface area is 118 Å². The van der Waals surface area contributed by atoms with Gasteiger partial charge in [-0.2, -0.15) is 0 Å². The number of aliphatic hydroxyl groups is 4. The van der Waals surface area contributed by atoms with Gasteiger partial charge in [0.1, 0.15) is 25.0 Å². The van der Waals surface area contributed by atoms with Gasteiger partial charge in [-0.1, -0.05) is 0 Å². The Bertz CT molecular complexity index is 529. The van der Waals surface area contributed by atoms with E-state index in [1.807, 2.05) is 0 Å². The first kappa shape index (κ1) is 17.0. The number of aliphatic hydroxyl groups excluding tert-OH is 4. The van der Waals surface area contributed by atoms with Crippen LogP contribution in [0.2, 0.25) is 0 Å². The van der Waals surface area contributed by atoms with Crippen LogP contribution in [0.15, 0.2) is 12.4 Å². The number of nitrogens with zero attached hydrogens (tertiary/aromatic N) is 2. The van der Waals surface area contributed by atoms with Gasteiger partial charge in [-0.25, -0.2) is 4.98 Å². The molecule has 1 aromatic rings.